The molecule has 3 nitrogen and oxygen atoms in total. The van der Waals surface area contributed by atoms with Crippen LogP contribution in [-0.4, -0.2) is 11.9 Å². The summed E-state index contributed by atoms with van der Waals surface area (Å²) in [6, 6.07) is 1.79. The molecule has 0 amide bonds. The number of hydrogen-bond acceptors (Lipinski definition) is 3. The number of nitrogens with one attached hydrogen (secondary N) is 1. The molecule has 0 aromatic heterocycles. The summed E-state index contributed by atoms with van der Waals surface area (Å²) in [5.41, 5.74) is 2.26. The summed E-state index contributed by atoms with van der Waals surface area (Å²) in [7, 11) is 0. The van der Waals surface area contributed by atoms with Crippen LogP contribution in [0.3, 0.4) is 0 Å². The highest BCUT2D eigenvalue weighted by atomic mass is 35.5. The summed E-state index contributed by atoms with van der Waals surface area (Å²) in [4.78, 5) is 0. The molecule has 3 N–H and O–H groups in total. The van der Waals surface area contributed by atoms with Crippen LogP contribution in [0, 0.1) is 11.3 Å². The van der Waals surface area contributed by atoms with Gasteiger partial charge < -0.3 is 0 Å². The largest absolute Gasteiger partial charge is 0.271 e. The summed E-state index contributed by atoms with van der Waals surface area (Å²) in [5.74, 6) is 4.82. The lowest BCUT2D eigenvalue weighted by Crippen LogP contribution is -2.28. The third-order valence-electron chi connectivity index (χ3n) is 0.437. The van der Waals surface area contributed by atoms with E-state index in [9.17, 15) is 0 Å². The van der Waals surface area contributed by atoms with Gasteiger partial charge in [-0.25, -0.2) is 0 Å². The Morgan fingerprint density at radius 2 is 2.57 bits per heavy atom. The van der Waals surface area contributed by atoms with Gasteiger partial charge in [-0.1, -0.05) is 0 Å². The smallest absolute Gasteiger partial charge is 0.134 e. The maximum absolute atomic E-state index is 7.99. The molecule has 0 bridgehead atoms. The van der Waals surface area contributed by atoms with Crippen LogP contribution in [0.1, 0.15) is 0 Å². The topological polar surface area (TPSA) is 61.8 Å². The number of nitrogens with two attached hydrogens (primary N) is 1. The fraction of sp³-hybridized carbons (Fsp3) is 0.667. The van der Waals surface area contributed by atoms with Gasteiger partial charge in [0.25, 0.3) is 0 Å². The van der Waals surface area contributed by atoms with E-state index in [1.54, 1.807) is 6.07 Å². The van der Waals surface area contributed by atoms with Crippen molar-refractivity contribution in [3.05, 3.63) is 0 Å². The van der Waals surface area contributed by atoms with Crippen molar-refractivity contribution >= 4 is 11.6 Å². The van der Waals surface area contributed by atoms with E-state index < -0.39 is 5.38 Å². The van der Waals surface area contributed by atoms with Gasteiger partial charge in [0.05, 0.1) is 6.07 Å². The molecule has 0 rings (SSSR count). The zero-order chi connectivity index (χ0) is 5.70. The van der Waals surface area contributed by atoms with Gasteiger partial charge in [-0.15, -0.1) is 11.6 Å². The Bertz CT molecular complexity index is 76.7. The number of hydrogen-bond donors (Lipinski definition) is 2. The fourth-order valence-electron chi connectivity index (χ4n) is 0.149. The third kappa shape index (κ3) is 3.53. The number of rotatable bonds is 2. The molecule has 0 radical (unpaired) electrons. The van der Waals surface area contributed by atoms with Gasteiger partial charge in [0.15, 0.2) is 0 Å². The fourth-order valence-corrected chi connectivity index (χ4v) is 0.238. The molecule has 7 heavy (non-hydrogen) atoms. The highest BCUT2D eigenvalue weighted by molar-refractivity contribution is 6.22. The number of nitrogens with zero attached hydrogens (tertiary/aromatic N) is 1. The van der Waals surface area contributed by atoms with Crippen LogP contribution in [0.2, 0.25) is 0 Å². The standard InChI is InChI=1S/C3H6ClN3/c4-3(1-5)2-7-6/h3,7H,2,6H2. The van der Waals surface area contributed by atoms with Crippen molar-refractivity contribution in [1.82, 2.24) is 5.43 Å². The number of alkyl halides is 1. The molecule has 0 aromatic rings. The normalized spacial score (nSPS) is 12.7. The molecule has 0 aromatic carbocycles. The van der Waals surface area contributed by atoms with E-state index in [4.69, 9.17) is 22.7 Å². The second kappa shape index (κ2) is 3.88. The van der Waals surface area contributed by atoms with Crippen LogP contribution in [0.5, 0.6) is 0 Å². The first-order chi connectivity index (χ1) is 3.31. The predicted molar refractivity (Wildman–Crippen MR) is 27.4 cm³/mol. The highest BCUT2D eigenvalue weighted by Gasteiger charge is 1.95. The average Bonchev–Trinajstić information content (AvgIpc) is 1.68. The van der Waals surface area contributed by atoms with Crippen LogP contribution in [-0.2, 0) is 0 Å². The minimum absolute atomic E-state index is 0.331. The van der Waals surface area contributed by atoms with Crippen molar-refractivity contribution in [2.24, 2.45) is 5.84 Å². The minimum atomic E-state index is -0.509. The summed E-state index contributed by atoms with van der Waals surface area (Å²) in [6.07, 6.45) is 0. The number of nitriles is 1. The van der Waals surface area contributed by atoms with Crippen molar-refractivity contribution in [2.45, 2.75) is 5.38 Å². The molecule has 0 aliphatic carbocycles. The minimum Gasteiger partial charge on any atom is -0.271 e. The third-order valence-corrected chi connectivity index (χ3v) is 0.689. The molecule has 0 fully saturated rings. The Hall–Kier alpha value is -0.300. The van der Waals surface area contributed by atoms with Crippen molar-refractivity contribution in [3.8, 4) is 6.07 Å². The molecule has 0 heterocycles. The molecular formula is C3H6ClN3. The van der Waals surface area contributed by atoms with Crippen molar-refractivity contribution in [1.29, 1.82) is 5.26 Å². The SMILES string of the molecule is N#CC(Cl)CNN. The molecule has 1 atom stereocenters. The highest BCUT2D eigenvalue weighted by Crippen LogP contribution is 1.86. The van der Waals surface area contributed by atoms with Crippen LogP contribution < -0.4 is 11.3 Å². The van der Waals surface area contributed by atoms with Crippen molar-refractivity contribution in [3.63, 3.8) is 0 Å². The molecule has 0 aliphatic heterocycles. The Kier molecular flexibility index (Phi) is 3.71. The van der Waals surface area contributed by atoms with E-state index in [0.717, 1.165) is 0 Å². The maximum atomic E-state index is 7.99. The Morgan fingerprint density at radius 1 is 2.00 bits per heavy atom. The van der Waals surface area contributed by atoms with E-state index in [1.807, 2.05) is 0 Å². The predicted octanol–water partition coefficient (Wildman–Crippen LogP) is -0.419. The maximum Gasteiger partial charge on any atom is 0.134 e. The van der Waals surface area contributed by atoms with Gasteiger partial charge in [0.1, 0.15) is 5.38 Å². The summed E-state index contributed by atoms with van der Waals surface area (Å²) in [6.45, 7) is 0.331. The zero-order valence-corrected chi connectivity index (χ0v) is 4.44. The zero-order valence-electron chi connectivity index (χ0n) is 3.69. The van der Waals surface area contributed by atoms with Gasteiger partial charge in [-0.2, -0.15) is 5.26 Å². The van der Waals surface area contributed by atoms with Gasteiger partial charge in [-0.3, -0.25) is 11.3 Å². The monoisotopic (exact) mass is 119 g/mol. The Balaban J connectivity index is 3.04. The van der Waals surface area contributed by atoms with Crippen LogP contribution in [0.4, 0.5) is 0 Å². The molecule has 0 spiro atoms. The number of hydrazine groups is 1. The molecule has 0 saturated carbocycles. The first-order valence-corrected chi connectivity index (χ1v) is 2.22. The molecular weight excluding hydrogens is 114 g/mol. The molecule has 40 valence electrons. The van der Waals surface area contributed by atoms with Gasteiger partial charge in [-0.05, 0) is 0 Å². The molecule has 1 unspecified atom stereocenters. The lowest BCUT2D eigenvalue weighted by Gasteiger charge is -1.93. The van der Waals surface area contributed by atoms with Crippen molar-refractivity contribution < 1.29 is 0 Å². The van der Waals surface area contributed by atoms with Gasteiger partial charge >= 0.3 is 0 Å². The van der Waals surface area contributed by atoms with Gasteiger partial charge in [0, 0.05) is 6.54 Å². The number of halogens is 1. The molecule has 4 heteroatoms. The second-order valence-electron chi connectivity index (χ2n) is 1.00. The quantitative estimate of drug-likeness (QED) is 0.295. The van der Waals surface area contributed by atoms with E-state index in [0.29, 0.717) is 6.54 Å². The first-order valence-electron chi connectivity index (χ1n) is 1.78. The Morgan fingerprint density at radius 3 is 2.71 bits per heavy atom. The van der Waals surface area contributed by atoms with E-state index in [1.165, 1.54) is 0 Å². The second-order valence-corrected chi connectivity index (χ2v) is 1.53. The Labute approximate surface area is 47.0 Å². The van der Waals surface area contributed by atoms with E-state index in [-0.39, 0.29) is 0 Å². The van der Waals surface area contributed by atoms with Crippen LogP contribution in [0.15, 0.2) is 0 Å². The summed E-state index contributed by atoms with van der Waals surface area (Å²) in [5, 5.41) is 7.48. The summed E-state index contributed by atoms with van der Waals surface area (Å²) < 4.78 is 0. The average molecular weight is 120 g/mol. The molecule has 0 saturated heterocycles. The van der Waals surface area contributed by atoms with Crippen LogP contribution >= 0.6 is 11.6 Å². The lowest BCUT2D eigenvalue weighted by molar-refractivity contribution is 0.748. The van der Waals surface area contributed by atoms with Crippen LogP contribution in [0.25, 0.3) is 0 Å². The van der Waals surface area contributed by atoms with E-state index >= 15 is 0 Å². The first kappa shape index (κ1) is 6.70. The lowest BCUT2D eigenvalue weighted by atomic mass is 10.5. The summed E-state index contributed by atoms with van der Waals surface area (Å²) >= 11 is 5.26. The molecule has 0 aliphatic rings. The van der Waals surface area contributed by atoms with Crippen molar-refractivity contribution in [2.75, 3.05) is 6.54 Å². The van der Waals surface area contributed by atoms with Gasteiger partial charge in [0.2, 0.25) is 0 Å². The van der Waals surface area contributed by atoms with E-state index in [2.05, 4.69) is 5.43 Å².